The van der Waals surface area contributed by atoms with Crippen LogP contribution in [0.3, 0.4) is 0 Å². The predicted molar refractivity (Wildman–Crippen MR) is 106 cm³/mol. The van der Waals surface area contributed by atoms with Crippen molar-refractivity contribution in [1.29, 1.82) is 0 Å². The Bertz CT molecular complexity index is 252. The van der Waals surface area contributed by atoms with Gasteiger partial charge in [0.25, 0.3) is 0 Å². The Morgan fingerprint density at radius 1 is 0.667 bits per heavy atom. The summed E-state index contributed by atoms with van der Waals surface area (Å²) in [6.07, 6.45) is 16.3. The van der Waals surface area contributed by atoms with Gasteiger partial charge in [0, 0.05) is 19.5 Å². The number of quaternary nitrogens is 1. The van der Waals surface area contributed by atoms with Gasteiger partial charge in [0.05, 0.1) is 20.6 Å². The second-order valence-corrected chi connectivity index (χ2v) is 7.79. The van der Waals surface area contributed by atoms with Crippen LogP contribution in [0, 0.1) is 0 Å². The third-order valence-electron chi connectivity index (χ3n) is 5.49. The molecule has 0 aliphatic carbocycles. The highest BCUT2D eigenvalue weighted by molar-refractivity contribution is 4.59. The first-order valence-corrected chi connectivity index (χ1v) is 10.6. The normalized spacial score (nSPS) is 13.1. The summed E-state index contributed by atoms with van der Waals surface area (Å²) in [5, 5.41) is 0. The number of unbranched alkanes of at least 4 members (excludes halogenated alkanes) is 9. The minimum atomic E-state index is 0. The van der Waals surface area contributed by atoms with Crippen LogP contribution in [0.5, 0.6) is 0 Å². The lowest BCUT2D eigenvalue weighted by atomic mass is 10.1. The summed E-state index contributed by atoms with van der Waals surface area (Å²) in [5.41, 5.74) is 0. The van der Waals surface area contributed by atoms with Crippen LogP contribution in [0.1, 0.15) is 98.3 Å². The van der Waals surface area contributed by atoms with E-state index < -0.39 is 0 Å². The third-order valence-corrected chi connectivity index (χ3v) is 5.49. The average Bonchev–Trinajstić information content (AvgIpc) is 2.53. The van der Waals surface area contributed by atoms with Gasteiger partial charge in [-0.1, -0.05) is 79.1 Å². The first-order valence-electron chi connectivity index (χ1n) is 10.6. The summed E-state index contributed by atoms with van der Waals surface area (Å²) in [7, 11) is 4.86. The van der Waals surface area contributed by atoms with Crippen molar-refractivity contribution in [1.82, 2.24) is 4.90 Å². The molecule has 0 saturated carbocycles. The van der Waals surface area contributed by atoms with Gasteiger partial charge in [-0.2, -0.15) is 0 Å². The smallest absolute Gasteiger partial charge is 0.144 e. The van der Waals surface area contributed by atoms with Gasteiger partial charge in [0.2, 0.25) is 0 Å². The number of nitrogens with zero attached hydrogens (tertiary/aromatic N) is 2. The zero-order chi connectivity index (χ0) is 17.6. The molecular formula is C21H47BrN2. The molecule has 0 bridgehead atoms. The van der Waals surface area contributed by atoms with Crippen LogP contribution < -0.4 is 17.0 Å². The summed E-state index contributed by atoms with van der Waals surface area (Å²) in [5.74, 6) is 0. The van der Waals surface area contributed by atoms with Crippen molar-refractivity contribution in [2.45, 2.75) is 104 Å². The molecule has 0 radical (unpaired) electrons. The fraction of sp³-hybridized carbons (Fsp3) is 1.00. The lowest BCUT2D eigenvalue weighted by Gasteiger charge is -2.43. The second-order valence-electron chi connectivity index (χ2n) is 7.79. The quantitative estimate of drug-likeness (QED) is 0.216. The molecule has 3 heteroatoms. The minimum Gasteiger partial charge on any atom is -1.00 e. The maximum atomic E-state index is 2.64. The van der Waals surface area contributed by atoms with Gasteiger partial charge in [-0.3, -0.25) is 4.90 Å². The number of rotatable bonds is 16. The van der Waals surface area contributed by atoms with E-state index in [1.54, 1.807) is 0 Å². The van der Waals surface area contributed by atoms with E-state index in [1.165, 1.54) is 90.3 Å². The Kier molecular flexibility index (Phi) is 18.7. The molecule has 1 unspecified atom stereocenters. The van der Waals surface area contributed by atoms with Gasteiger partial charge in [0.15, 0.2) is 0 Å². The Morgan fingerprint density at radius 2 is 1.08 bits per heavy atom. The van der Waals surface area contributed by atoms with E-state index in [2.05, 4.69) is 46.7 Å². The molecule has 1 atom stereocenters. The molecule has 24 heavy (non-hydrogen) atoms. The molecule has 0 fully saturated rings. The maximum absolute atomic E-state index is 2.64. The van der Waals surface area contributed by atoms with E-state index in [9.17, 15) is 0 Å². The Labute approximate surface area is 164 Å². The zero-order valence-corrected chi connectivity index (χ0v) is 19.3. The van der Waals surface area contributed by atoms with E-state index in [0.29, 0.717) is 6.17 Å². The van der Waals surface area contributed by atoms with Crippen molar-refractivity contribution in [3.8, 4) is 0 Å². The van der Waals surface area contributed by atoms with Crippen molar-refractivity contribution in [2.24, 2.45) is 0 Å². The number of hydrogen-bond acceptors (Lipinski definition) is 1. The Hall–Kier alpha value is 0.400. The minimum absolute atomic E-state index is 0. The van der Waals surface area contributed by atoms with Crippen LogP contribution in [0.2, 0.25) is 0 Å². The molecule has 0 aromatic carbocycles. The third kappa shape index (κ3) is 11.9. The highest BCUT2D eigenvalue weighted by Gasteiger charge is 2.30. The van der Waals surface area contributed by atoms with Gasteiger partial charge in [0.1, 0.15) is 6.17 Å². The van der Waals surface area contributed by atoms with Gasteiger partial charge in [-0.15, -0.1) is 0 Å². The summed E-state index contributed by atoms with van der Waals surface area (Å²) in [6.45, 7) is 12.9. The predicted octanol–water partition coefficient (Wildman–Crippen LogP) is 3.07. The SMILES string of the molecule is CCCCCCCCCCCC[N+](C)(C)C(CC)N(CC)CC.[Br-]. The monoisotopic (exact) mass is 406 g/mol. The summed E-state index contributed by atoms with van der Waals surface area (Å²) in [6, 6.07) is 0. The molecular weight excluding hydrogens is 360 g/mol. The van der Waals surface area contributed by atoms with Crippen LogP contribution in [0.15, 0.2) is 0 Å². The standard InChI is InChI=1S/C21H47N2.BrH/c1-7-11-12-13-14-15-16-17-18-19-20-23(5,6)21(8-2)22(9-3)10-4;/h21H,7-20H2,1-6H3;1H/q+1;/p-1. The summed E-state index contributed by atoms with van der Waals surface area (Å²) >= 11 is 0. The molecule has 0 aromatic heterocycles. The summed E-state index contributed by atoms with van der Waals surface area (Å²) in [4.78, 5) is 2.64. The molecule has 0 rings (SSSR count). The molecule has 0 saturated heterocycles. The van der Waals surface area contributed by atoms with Crippen molar-refractivity contribution in [2.75, 3.05) is 33.7 Å². The molecule has 0 aliphatic heterocycles. The molecule has 0 heterocycles. The number of halogens is 1. The fourth-order valence-corrected chi connectivity index (χ4v) is 4.00. The molecule has 0 aliphatic rings. The van der Waals surface area contributed by atoms with Crippen molar-refractivity contribution in [3.05, 3.63) is 0 Å². The van der Waals surface area contributed by atoms with Crippen molar-refractivity contribution < 1.29 is 21.5 Å². The fourth-order valence-electron chi connectivity index (χ4n) is 4.00. The van der Waals surface area contributed by atoms with E-state index >= 15 is 0 Å². The first kappa shape index (κ1) is 26.6. The summed E-state index contributed by atoms with van der Waals surface area (Å²) < 4.78 is 1.16. The topological polar surface area (TPSA) is 3.24 Å². The average molecular weight is 408 g/mol. The maximum Gasteiger partial charge on any atom is 0.144 e. The second kappa shape index (κ2) is 16.8. The molecule has 0 amide bonds. The highest BCUT2D eigenvalue weighted by Crippen LogP contribution is 2.18. The number of hydrogen-bond donors (Lipinski definition) is 0. The van der Waals surface area contributed by atoms with E-state index in [0.717, 1.165) is 4.48 Å². The van der Waals surface area contributed by atoms with Gasteiger partial charge >= 0.3 is 0 Å². The van der Waals surface area contributed by atoms with Crippen LogP contribution in [-0.2, 0) is 0 Å². The Balaban J connectivity index is 0. The molecule has 148 valence electrons. The molecule has 2 nitrogen and oxygen atoms in total. The van der Waals surface area contributed by atoms with Crippen LogP contribution in [0.25, 0.3) is 0 Å². The molecule has 0 N–H and O–H groups in total. The highest BCUT2D eigenvalue weighted by atomic mass is 79.9. The van der Waals surface area contributed by atoms with Crippen LogP contribution in [0.4, 0.5) is 0 Å². The van der Waals surface area contributed by atoms with E-state index in [-0.39, 0.29) is 17.0 Å². The lowest BCUT2D eigenvalue weighted by molar-refractivity contribution is -0.927. The van der Waals surface area contributed by atoms with Crippen LogP contribution >= 0.6 is 0 Å². The Morgan fingerprint density at radius 3 is 1.46 bits per heavy atom. The molecule has 0 spiro atoms. The van der Waals surface area contributed by atoms with E-state index in [4.69, 9.17) is 0 Å². The zero-order valence-electron chi connectivity index (χ0n) is 17.7. The van der Waals surface area contributed by atoms with Crippen molar-refractivity contribution in [3.63, 3.8) is 0 Å². The largest absolute Gasteiger partial charge is 1.00 e. The molecule has 0 aromatic rings. The lowest BCUT2D eigenvalue weighted by Crippen LogP contribution is -3.00. The van der Waals surface area contributed by atoms with Gasteiger partial charge in [-0.25, -0.2) is 0 Å². The van der Waals surface area contributed by atoms with Gasteiger partial charge < -0.3 is 21.5 Å². The van der Waals surface area contributed by atoms with Gasteiger partial charge in [-0.05, 0) is 12.8 Å². The van der Waals surface area contributed by atoms with E-state index in [1.807, 2.05) is 0 Å². The van der Waals surface area contributed by atoms with Crippen molar-refractivity contribution >= 4 is 0 Å². The first-order chi connectivity index (χ1) is 11.0. The van der Waals surface area contributed by atoms with Crippen LogP contribution in [-0.4, -0.2) is 49.3 Å².